The van der Waals surface area contributed by atoms with Crippen molar-refractivity contribution in [2.45, 2.75) is 31.0 Å². The number of nitrogens with two attached hydrogens (primary N) is 1. The number of carbonyl (C=O) groups is 1. The molecule has 0 saturated carbocycles. The molecule has 0 saturated heterocycles. The summed E-state index contributed by atoms with van der Waals surface area (Å²) in [4.78, 5) is 16.3. The Labute approximate surface area is 132 Å². The van der Waals surface area contributed by atoms with Crippen molar-refractivity contribution in [1.29, 1.82) is 0 Å². The Balaban J connectivity index is 1.79. The van der Waals surface area contributed by atoms with E-state index in [0.717, 1.165) is 27.8 Å². The Kier molecular flexibility index (Phi) is 5.58. The zero-order chi connectivity index (χ0) is 15.2. The molecular weight excluding hydrogens is 304 g/mol. The molecule has 1 amide bonds. The van der Waals surface area contributed by atoms with Gasteiger partial charge in [0, 0.05) is 30.0 Å². The highest BCUT2D eigenvalue weighted by Crippen LogP contribution is 2.22. The number of hydrogen-bond acceptors (Lipinski definition) is 6. The maximum Gasteiger partial charge on any atom is 0.225 e. The first-order valence-corrected chi connectivity index (χ1v) is 8.45. The Morgan fingerprint density at radius 3 is 2.95 bits per heavy atom. The molecule has 0 aliphatic rings. The average molecular weight is 322 g/mol. The number of amides is 1. The van der Waals surface area contributed by atoms with E-state index in [1.165, 1.54) is 11.5 Å². The Morgan fingerprint density at radius 1 is 1.48 bits per heavy atom. The molecule has 1 aromatic heterocycles. The summed E-state index contributed by atoms with van der Waals surface area (Å²) in [6.07, 6.45) is 1.28. The number of benzene rings is 1. The number of rotatable bonds is 6. The molecule has 21 heavy (non-hydrogen) atoms. The SMILES string of the molecule is CCc1nsc(SCCC(=O)Nc2ccc(N)cc2C)n1. The van der Waals surface area contributed by atoms with E-state index >= 15 is 0 Å². The number of nitrogens with zero attached hydrogens (tertiary/aromatic N) is 2. The van der Waals surface area contributed by atoms with Crippen LogP contribution < -0.4 is 11.1 Å². The van der Waals surface area contributed by atoms with Crippen LogP contribution in [0.15, 0.2) is 22.5 Å². The number of aromatic nitrogens is 2. The van der Waals surface area contributed by atoms with Gasteiger partial charge in [-0.3, -0.25) is 4.79 Å². The fourth-order valence-electron chi connectivity index (χ4n) is 1.71. The van der Waals surface area contributed by atoms with Crippen LogP contribution in [-0.4, -0.2) is 21.0 Å². The molecule has 0 bridgehead atoms. The molecule has 5 nitrogen and oxygen atoms in total. The van der Waals surface area contributed by atoms with Crippen molar-refractivity contribution in [3.63, 3.8) is 0 Å². The van der Waals surface area contributed by atoms with Gasteiger partial charge in [-0.15, -0.1) is 0 Å². The number of nitrogens with one attached hydrogen (secondary N) is 1. The van der Waals surface area contributed by atoms with Crippen LogP contribution in [0.25, 0.3) is 0 Å². The maximum absolute atomic E-state index is 11.9. The van der Waals surface area contributed by atoms with E-state index in [-0.39, 0.29) is 5.91 Å². The molecule has 7 heteroatoms. The first-order chi connectivity index (χ1) is 10.1. The normalized spacial score (nSPS) is 10.6. The molecule has 0 unspecified atom stereocenters. The van der Waals surface area contributed by atoms with Gasteiger partial charge in [0.2, 0.25) is 5.91 Å². The van der Waals surface area contributed by atoms with E-state index < -0.39 is 0 Å². The lowest BCUT2D eigenvalue weighted by molar-refractivity contribution is -0.115. The van der Waals surface area contributed by atoms with Crippen molar-refractivity contribution in [3.05, 3.63) is 29.6 Å². The highest BCUT2D eigenvalue weighted by Gasteiger charge is 2.07. The Hall–Kier alpha value is -1.60. The van der Waals surface area contributed by atoms with E-state index in [2.05, 4.69) is 14.7 Å². The van der Waals surface area contributed by atoms with Gasteiger partial charge in [0.05, 0.1) is 0 Å². The van der Waals surface area contributed by atoms with Gasteiger partial charge in [-0.25, -0.2) is 4.98 Å². The summed E-state index contributed by atoms with van der Waals surface area (Å²) >= 11 is 2.96. The zero-order valence-electron chi connectivity index (χ0n) is 12.0. The van der Waals surface area contributed by atoms with E-state index in [0.29, 0.717) is 17.9 Å². The van der Waals surface area contributed by atoms with E-state index in [1.54, 1.807) is 17.8 Å². The molecule has 0 radical (unpaired) electrons. The lowest BCUT2D eigenvalue weighted by atomic mass is 10.2. The average Bonchev–Trinajstić information content (AvgIpc) is 2.90. The fourth-order valence-corrected chi connectivity index (χ4v) is 3.42. The predicted octanol–water partition coefficient (Wildman–Crippen LogP) is 3.11. The second kappa shape index (κ2) is 7.42. The van der Waals surface area contributed by atoms with Gasteiger partial charge >= 0.3 is 0 Å². The summed E-state index contributed by atoms with van der Waals surface area (Å²) in [5, 5.41) is 2.90. The van der Waals surface area contributed by atoms with Crippen LogP contribution in [0.4, 0.5) is 11.4 Å². The molecule has 3 N–H and O–H groups in total. The quantitative estimate of drug-likeness (QED) is 0.631. The van der Waals surface area contributed by atoms with Crippen LogP contribution in [0, 0.1) is 6.92 Å². The molecule has 0 spiro atoms. The lowest BCUT2D eigenvalue weighted by Gasteiger charge is -2.08. The number of aryl methyl sites for hydroxylation is 2. The van der Waals surface area contributed by atoms with Crippen LogP contribution in [-0.2, 0) is 11.2 Å². The summed E-state index contributed by atoms with van der Waals surface area (Å²) in [7, 11) is 0. The number of nitrogen functional groups attached to an aromatic ring is 1. The zero-order valence-corrected chi connectivity index (χ0v) is 13.7. The van der Waals surface area contributed by atoms with E-state index in [1.807, 2.05) is 26.0 Å². The van der Waals surface area contributed by atoms with E-state index in [9.17, 15) is 4.79 Å². The smallest absolute Gasteiger partial charge is 0.225 e. The van der Waals surface area contributed by atoms with Crippen LogP contribution in [0.3, 0.4) is 0 Å². The predicted molar refractivity (Wildman–Crippen MR) is 88.8 cm³/mol. The number of anilines is 2. The molecule has 0 atom stereocenters. The standard InChI is InChI=1S/C14H18N4OS2/c1-3-12-17-14(21-18-12)20-7-6-13(19)16-11-5-4-10(15)8-9(11)2/h4-5,8H,3,6-7,15H2,1-2H3,(H,16,19). The fraction of sp³-hybridized carbons (Fsp3) is 0.357. The second-order valence-corrected chi connectivity index (χ2v) is 6.64. The van der Waals surface area contributed by atoms with Crippen LogP contribution in [0.2, 0.25) is 0 Å². The van der Waals surface area contributed by atoms with Gasteiger partial charge in [0.25, 0.3) is 0 Å². The largest absolute Gasteiger partial charge is 0.399 e. The molecule has 0 aliphatic heterocycles. The topological polar surface area (TPSA) is 80.9 Å². The van der Waals surface area contributed by atoms with Gasteiger partial charge in [-0.2, -0.15) is 4.37 Å². The van der Waals surface area contributed by atoms with Crippen molar-refractivity contribution in [1.82, 2.24) is 9.36 Å². The third kappa shape index (κ3) is 4.71. The van der Waals surface area contributed by atoms with Crippen molar-refractivity contribution < 1.29 is 4.79 Å². The molecule has 0 aliphatic carbocycles. The van der Waals surface area contributed by atoms with Crippen LogP contribution in [0.5, 0.6) is 0 Å². The van der Waals surface area contributed by atoms with Crippen LogP contribution in [0.1, 0.15) is 24.7 Å². The minimum Gasteiger partial charge on any atom is -0.399 e. The molecule has 0 fully saturated rings. The Bertz CT molecular complexity index is 627. The molecule has 2 aromatic rings. The highest BCUT2D eigenvalue weighted by molar-refractivity contribution is 8.00. The van der Waals surface area contributed by atoms with Gasteiger partial charge < -0.3 is 11.1 Å². The number of hydrogen-bond donors (Lipinski definition) is 2. The minimum absolute atomic E-state index is 0.00407. The van der Waals surface area contributed by atoms with Gasteiger partial charge in [0.15, 0.2) is 4.34 Å². The molecule has 2 rings (SSSR count). The summed E-state index contributed by atoms with van der Waals surface area (Å²) in [6.45, 7) is 3.95. The van der Waals surface area contributed by atoms with Crippen LogP contribution >= 0.6 is 23.3 Å². The highest BCUT2D eigenvalue weighted by atomic mass is 32.2. The number of carbonyl (C=O) groups excluding carboxylic acids is 1. The summed E-state index contributed by atoms with van der Waals surface area (Å²) < 4.78 is 5.14. The first kappa shape index (κ1) is 15.8. The van der Waals surface area contributed by atoms with Crippen molar-refractivity contribution >= 4 is 40.6 Å². The van der Waals surface area contributed by atoms with E-state index in [4.69, 9.17) is 5.73 Å². The third-order valence-electron chi connectivity index (χ3n) is 2.84. The van der Waals surface area contributed by atoms with Crippen molar-refractivity contribution in [3.8, 4) is 0 Å². The molecule has 112 valence electrons. The molecular formula is C14H18N4OS2. The van der Waals surface area contributed by atoms with Crippen molar-refractivity contribution in [2.24, 2.45) is 0 Å². The van der Waals surface area contributed by atoms with Crippen molar-refractivity contribution in [2.75, 3.05) is 16.8 Å². The lowest BCUT2D eigenvalue weighted by Crippen LogP contribution is -2.13. The number of thioether (sulfide) groups is 1. The third-order valence-corrected chi connectivity index (χ3v) is 4.72. The monoisotopic (exact) mass is 322 g/mol. The summed E-state index contributed by atoms with van der Waals surface area (Å²) in [5.41, 5.74) is 8.16. The minimum atomic E-state index is -0.00407. The second-order valence-electron chi connectivity index (χ2n) is 4.55. The van der Waals surface area contributed by atoms with Gasteiger partial charge in [-0.1, -0.05) is 18.7 Å². The first-order valence-electron chi connectivity index (χ1n) is 6.70. The molecule has 1 aromatic carbocycles. The molecule has 1 heterocycles. The Morgan fingerprint density at radius 2 is 2.29 bits per heavy atom. The van der Waals surface area contributed by atoms with Gasteiger partial charge in [0.1, 0.15) is 5.82 Å². The van der Waals surface area contributed by atoms with Gasteiger partial charge in [-0.05, 0) is 42.2 Å². The maximum atomic E-state index is 11.9. The summed E-state index contributed by atoms with van der Waals surface area (Å²) in [6, 6.07) is 5.46. The summed E-state index contributed by atoms with van der Waals surface area (Å²) in [5.74, 6) is 1.55.